The Morgan fingerprint density at radius 1 is 0.750 bits per heavy atom. The van der Waals surface area contributed by atoms with Gasteiger partial charge in [0, 0.05) is 27.6 Å². The topological polar surface area (TPSA) is 323 Å². The summed E-state index contributed by atoms with van der Waals surface area (Å²) in [5.41, 5.74) is -1.29. The minimum atomic E-state index is -1.70. The second kappa shape index (κ2) is 25.3. The third-order valence-electron chi connectivity index (χ3n) is 4.18. The maximum absolute atomic E-state index is 10.7. The molecule has 0 aromatic rings. The Morgan fingerprint density at radius 3 is 1.36 bits per heavy atom. The van der Waals surface area contributed by atoms with Gasteiger partial charge in [-0.1, -0.05) is 0 Å². The predicted molar refractivity (Wildman–Crippen MR) is 111 cm³/mol. The van der Waals surface area contributed by atoms with Crippen molar-refractivity contribution < 1.29 is 102 Å². The molecule has 3 unspecified atom stereocenters. The minimum absolute atomic E-state index is 0. The number of aliphatic hydroxyl groups excluding tert-OH is 4. The molecule has 0 aliphatic rings. The van der Waals surface area contributed by atoms with E-state index in [1.165, 1.54) is 0 Å². The number of β-amino-alcohol motifs (C(OH)–C–C–N with tert-alkyl or cyclic N) is 1. The van der Waals surface area contributed by atoms with Crippen molar-refractivity contribution in [3.05, 3.63) is 0 Å². The summed E-state index contributed by atoms with van der Waals surface area (Å²) in [5.74, 6) is -3.30. The second-order valence-corrected chi connectivity index (χ2v) is 7.06. The van der Waals surface area contributed by atoms with E-state index in [4.69, 9.17) is 34.6 Å². The normalized spacial score (nSPS) is 13.0. The first kappa shape index (κ1) is 44.6. The van der Waals surface area contributed by atoms with E-state index in [0.29, 0.717) is 0 Å². The van der Waals surface area contributed by atoms with E-state index in [-0.39, 0.29) is 103 Å². The van der Waals surface area contributed by atoms with Gasteiger partial charge in [0.2, 0.25) is 0 Å². The SMILES string of the molecule is O.O=C(O)CCOCC(COCCC(=O)O)(COCCC(=O)O)NCC(O)C(O)C(O)CO.[O-2].[OH-].[W]. The molecule has 0 fully saturated rings. The van der Waals surface area contributed by atoms with Crippen LogP contribution in [0.2, 0.25) is 0 Å². The van der Waals surface area contributed by atoms with Crippen LogP contribution in [0.5, 0.6) is 0 Å². The van der Waals surface area contributed by atoms with Gasteiger partial charge in [0.1, 0.15) is 12.2 Å². The van der Waals surface area contributed by atoms with E-state index in [1.54, 1.807) is 0 Å². The fourth-order valence-corrected chi connectivity index (χ4v) is 2.37. The number of rotatable bonds is 21. The van der Waals surface area contributed by atoms with Gasteiger partial charge in [-0.2, -0.15) is 0 Å². The third kappa shape index (κ3) is 21.9. The van der Waals surface area contributed by atoms with E-state index in [9.17, 15) is 29.7 Å². The minimum Gasteiger partial charge on any atom is -2.00 e. The number of hydrogen-bond acceptors (Lipinski definition) is 12. The Balaban J connectivity index is -0.000000801. The van der Waals surface area contributed by atoms with Gasteiger partial charge in [0.05, 0.1) is 77.2 Å². The van der Waals surface area contributed by atoms with Crippen LogP contribution in [-0.2, 0) is 55.1 Å². The molecule has 0 aliphatic heterocycles. The Kier molecular flexibility index (Phi) is 31.4. The molecule has 0 aromatic heterocycles. The molecule has 0 rings (SSSR count). The summed E-state index contributed by atoms with van der Waals surface area (Å²) in [7, 11) is 0. The van der Waals surface area contributed by atoms with E-state index >= 15 is 0 Å². The molecule has 0 saturated carbocycles. The summed E-state index contributed by atoms with van der Waals surface area (Å²) in [4.78, 5) is 32.1. The Morgan fingerprint density at radius 2 is 1.08 bits per heavy atom. The first-order chi connectivity index (χ1) is 15.0. The van der Waals surface area contributed by atoms with Crippen molar-refractivity contribution >= 4 is 17.9 Å². The molecule has 0 heterocycles. The molecule has 218 valence electrons. The molecular weight excluding hydrogens is 670 g/mol. The summed E-state index contributed by atoms with van der Waals surface area (Å²) in [6.45, 7) is -2.39. The number of nitrogens with one attached hydrogen (secondary N) is 1. The number of aliphatic carboxylic acids is 3. The number of aliphatic hydroxyl groups is 4. The number of ether oxygens (including phenoxy) is 3. The molecule has 0 aliphatic carbocycles. The molecule has 0 amide bonds. The zero-order valence-electron chi connectivity index (χ0n) is 19.4. The average molecular weight is 706 g/mol. The van der Waals surface area contributed by atoms with Gasteiger partial charge < -0.3 is 71.7 Å². The van der Waals surface area contributed by atoms with Gasteiger partial charge in [-0.15, -0.1) is 0 Å². The molecule has 0 saturated heterocycles. The summed E-state index contributed by atoms with van der Waals surface area (Å²) in [5, 5.41) is 67.3. The van der Waals surface area contributed by atoms with Crippen LogP contribution in [-0.4, -0.2) is 141 Å². The Hall–Kier alpha value is -1.34. The zero-order valence-corrected chi connectivity index (χ0v) is 22.3. The van der Waals surface area contributed by atoms with E-state index in [1.807, 2.05) is 0 Å². The van der Waals surface area contributed by atoms with Crippen molar-refractivity contribution in [2.45, 2.75) is 43.1 Å². The fraction of sp³-hybridized carbons (Fsp3) is 0.833. The van der Waals surface area contributed by atoms with Gasteiger partial charge in [-0.3, -0.25) is 14.4 Å². The third-order valence-corrected chi connectivity index (χ3v) is 4.18. The van der Waals surface area contributed by atoms with Crippen molar-refractivity contribution in [1.82, 2.24) is 5.32 Å². The first-order valence-electron chi connectivity index (χ1n) is 9.81. The summed E-state index contributed by atoms with van der Waals surface area (Å²) >= 11 is 0. The van der Waals surface area contributed by atoms with Crippen molar-refractivity contribution in [2.24, 2.45) is 0 Å². The molecule has 0 spiro atoms. The van der Waals surface area contributed by atoms with Crippen molar-refractivity contribution in [2.75, 3.05) is 52.8 Å². The quantitative estimate of drug-likeness (QED) is 0.0524. The van der Waals surface area contributed by atoms with Crippen LogP contribution in [0.15, 0.2) is 0 Å². The van der Waals surface area contributed by atoms with Gasteiger partial charge in [-0.25, -0.2) is 0 Å². The standard InChI is InChI=1S/C18H33NO13.2H2O.O.W/c20-8-13(22)17(29)12(21)7-19-18(9-30-4-1-14(23)24,10-31-5-2-15(25)26)11-32-6-3-16(27)28;;;;/h12-13,17,19-22,29H,1-11H2,(H,23,24)(H,25,26)(H,27,28);2*1H2;;/q;;;-2;/p-1. The van der Waals surface area contributed by atoms with E-state index in [2.05, 4.69) is 5.32 Å². The van der Waals surface area contributed by atoms with Crippen molar-refractivity contribution in [1.29, 1.82) is 0 Å². The van der Waals surface area contributed by atoms with Crippen LogP contribution in [0.4, 0.5) is 0 Å². The Bertz CT molecular complexity index is 514. The maximum Gasteiger partial charge on any atom is 0.305 e. The molecule has 3 atom stereocenters. The van der Waals surface area contributed by atoms with Crippen LogP contribution < -0.4 is 5.32 Å². The largest absolute Gasteiger partial charge is 2.00 e. The summed E-state index contributed by atoms with van der Waals surface area (Å²) < 4.78 is 16.1. The summed E-state index contributed by atoms with van der Waals surface area (Å²) in [6, 6.07) is 0. The molecule has 0 bridgehead atoms. The fourth-order valence-electron chi connectivity index (χ4n) is 2.37. The molecular formula is C18H36NO16W-3. The van der Waals surface area contributed by atoms with Crippen LogP contribution >= 0.6 is 0 Å². The molecule has 0 aromatic carbocycles. The molecule has 17 nitrogen and oxygen atoms in total. The molecule has 0 radical (unpaired) electrons. The number of carboxylic acid groups (broad SMARTS) is 3. The molecule has 11 N–H and O–H groups in total. The Labute approximate surface area is 221 Å². The second-order valence-electron chi connectivity index (χ2n) is 7.06. The van der Waals surface area contributed by atoms with Crippen LogP contribution in [0.3, 0.4) is 0 Å². The smallest absolute Gasteiger partial charge is 0.305 e. The first-order valence-corrected chi connectivity index (χ1v) is 9.81. The van der Waals surface area contributed by atoms with Crippen LogP contribution in [0.1, 0.15) is 19.3 Å². The van der Waals surface area contributed by atoms with E-state index < -0.39 is 48.4 Å². The summed E-state index contributed by atoms with van der Waals surface area (Å²) in [6.07, 6.45) is -5.77. The van der Waals surface area contributed by atoms with E-state index in [0.717, 1.165) is 0 Å². The van der Waals surface area contributed by atoms with Gasteiger partial charge in [-0.05, 0) is 0 Å². The number of carbonyl (C=O) groups is 3. The van der Waals surface area contributed by atoms with Crippen molar-refractivity contribution in [3.63, 3.8) is 0 Å². The zero-order chi connectivity index (χ0) is 24.6. The van der Waals surface area contributed by atoms with Crippen LogP contribution in [0.25, 0.3) is 0 Å². The molecule has 18 heteroatoms. The number of hydrogen-bond donors (Lipinski definition) is 8. The maximum atomic E-state index is 10.7. The van der Waals surface area contributed by atoms with Gasteiger partial charge in [0.25, 0.3) is 0 Å². The van der Waals surface area contributed by atoms with Gasteiger partial charge >= 0.3 is 17.9 Å². The van der Waals surface area contributed by atoms with Gasteiger partial charge in [0.15, 0.2) is 0 Å². The number of carboxylic acids is 3. The van der Waals surface area contributed by atoms with Crippen molar-refractivity contribution in [3.8, 4) is 0 Å². The average Bonchev–Trinajstić information content (AvgIpc) is 2.73. The predicted octanol–water partition coefficient (Wildman–Crippen LogP) is -4.26. The monoisotopic (exact) mass is 706 g/mol. The van der Waals surface area contributed by atoms with Crippen LogP contribution in [0, 0.1) is 0 Å². The molecule has 36 heavy (non-hydrogen) atoms.